The number of halogens is 2. The van der Waals surface area contributed by atoms with Crippen molar-refractivity contribution >= 4 is 46.5 Å². The number of aliphatic hydroxyl groups excluding tert-OH is 2. The first kappa shape index (κ1) is 34.1. The Bertz CT molecular complexity index is 1350. The quantitative estimate of drug-likeness (QED) is 0.189. The lowest BCUT2D eigenvalue weighted by Gasteiger charge is -2.41. The molecule has 0 heterocycles. The summed E-state index contributed by atoms with van der Waals surface area (Å²) < 4.78 is 26.1. The summed E-state index contributed by atoms with van der Waals surface area (Å²) in [5, 5.41) is 23.5. The molecule has 1 aliphatic rings. The number of ether oxygens (including phenoxy) is 2. The number of amides is 2. The topological polar surface area (TPSA) is 142 Å². The van der Waals surface area contributed by atoms with Gasteiger partial charge in [-0.3, -0.25) is 14.4 Å². The number of hydrogen-bond acceptors (Lipinski definition) is 8. The van der Waals surface area contributed by atoms with E-state index >= 15 is 0 Å². The fourth-order valence-electron chi connectivity index (χ4n) is 4.89. The van der Waals surface area contributed by atoms with Gasteiger partial charge in [0.05, 0.1) is 23.3 Å². The van der Waals surface area contributed by atoms with Crippen LogP contribution in [0, 0.1) is 9.39 Å². The Labute approximate surface area is 263 Å². The second-order valence-electron chi connectivity index (χ2n) is 10.2. The van der Waals surface area contributed by atoms with E-state index in [0.29, 0.717) is 27.4 Å². The molecule has 0 saturated carbocycles. The van der Waals surface area contributed by atoms with Crippen LogP contribution in [0.25, 0.3) is 0 Å². The third kappa shape index (κ3) is 9.57. The van der Waals surface area contributed by atoms with Crippen molar-refractivity contribution in [3.63, 3.8) is 0 Å². The first-order valence-electron chi connectivity index (χ1n) is 13.9. The number of benzene rings is 2. The van der Waals surface area contributed by atoms with Crippen molar-refractivity contribution in [3.8, 4) is 11.5 Å². The van der Waals surface area contributed by atoms with Gasteiger partial charge in [-0.1, -0.05) is 12.1 Å². The Kier molecular flexibility index (Phi) is 13.1. The van der Waals surface area contributed by atoms with E-state index in [1.165, 1.54) is 43.2 Å². The molecule has 0 aliphatic heterocycles. The second-order valence-corrected chi connectivity index (χ2v) is 11.4. The minimum atomic E-state index is -1.30. The van der Waals surface area contributed by atoms with Crippen molar-refractivity contribution in [3.05, 3.63) is 68.6 Å². The minimum Gasteiger partial charge on any atom is -0.493 e. The summed E-state index contributed by atoms with van der Waals surface area (Å²) in [4.78, 5) is 51.0. The number of nitrogens with zero attached hydrogens (tertiary/aromatic N) is 1. The Balaban J connectivity index is 1.99. The van der Waals surface area contributed by atoms with Crippen LogP contribution in [-0.2, 0) is 20.8 Å². The lowest BCUT2D eigenvalue weighted by atomic mass is 9.87. The van der Waals surface area contributed by atoms with Gasteiger partial charge < -0.3 is 34.7 Å². The SMILES string of the molecule is COc1cc(C=O)cc(I)c1OC1C=C(C(=O)NCCO)CC(N(CCc2cccc(F)c2)C(=O)CCCC(C)=O)C1O. The van der Waals surface area contributed by atoms with Gasteiger partial charge in [-0.05, 0) is 78.3 Å². The summed E-state index contributed by atoms with van der Waals surface area (Å²) in [6.45, 7) is 1.27. The monoisotopic (exact) mass is 710 g/mol. The van der Waals surface area contributed by atoms with Crippen LogP contribution in [0.15, 0.2) is 48.0 Å². The number of Topliss-reactive ketones (excluding diaryl/α,β-unsaturated/α-hetero) is 1. The van der Waals surface area contributed by atoms with Crippen molar-refractivity contribution in [2.75, 3.05) is 26.8 Å². The molecule has 0 fully saturated rings. The largest absolute Gasteiger partial charge is 0.493 e. The Hall–Kier alpha value is -3.36. The average Bonchev–Trinajstić information content (AvgIpc) is 2.98. The minimum absolute atomic E-state index is 0.00105. The summed E-state index contributed by atoms with van der Waals surface area (Å²) in [6, 6.07) is 8.14. The van der Waals surface area contributed by atoms with Crippen LogP contribution in [0.1, 0.15) is 48.5 Å². The molecule has 3 rings (SSSR count). The van der Waals surface area contributed by atoms with E-state index in [1.54, 1.807) is 18.2 Å². The Morgan fingerprint density at radius 1 is 1.21 bits per heavy atom. The summed E-state index contributed by atoms with van der Waals surface area (Å²) >= 11 is 1.97. The maximum Gasteiger partial charge on any atom is 0.247 e. The number of methoxy groups -OCH3 is 1. The van der Waals surface area contributed by atoms with E-state index in [2.05, 4.69) is 5.32 Å². The van der Waals surface area contributed by atoms with Crippen molar-refractivity contribution in [2.45, 2.75) is 57.3 Å². The van der Waals surface area contributed by atoms with Crippen LogP contribution >= 0.6 is 22.6 Å². The maximum atomic E-state index is 13.9. The van der Waals surface area contributed by atoms with Gasteiger partial charge >= 0.3 is 0 Å². The van der Waals surface area contributed by atoms with Crippen LogP contribution in [0.5, 0.6) is 11.5 Å². The van der Waals surface area contributed by atoms with Gasteiger partial charge in [-0.2, -0.15) is 0 Å². The van der Waals surface area contributed by atoms with Gasteiger partial charge in [0.15, 0.2) is 11.5 Å². The van der Waals surface area contributed by atoms with Gasteiger partial charge in [0.25, 0.3) is 0 Å². The summed E-state index contributed by atoms with van der Waals surface area (Å²) in [5.41, 5.74) is 1.24. The first-order valence-corrected chi connectivity index (χ1v) is 15.0. The summed E-state index contributed by atoms with van der Waals surface area (Å²) in [5.74, 6) is -0.820. The molecule has 10 nitrogen and oxygen atoms in total. The predicted octanol–water partition coefficient (Wildman–Crippen LogP) is 3.00. The number of hydrogen-bond donors (Lipinski definition) is 3. The molecule has 2 aromatic carbocycles. The van der Waals surface area contributed by atoms with Crippen LogP contribution in [0.2, 0.25) is 0 Å². The van der Waals surface area contributed by atoms with Crippen LogP contribution in [0.4, 0.5) is 4.39 Å². The molecular weight excluding hydrogens is 674 g/mol. The van der Waals surface area contributed by atoms with E-state index in [4.69, 9.17) is 9.47 Å². The van der Waals surface area contributed by atoms with E-state index in [1.807, 2.05) is 22.6 Å². The first-order chi connectivity index (χ1) is 20.6. The molecular formula is C31H36FIN2O8. The molecule has 3 atom stereocenters. The molecule has 3 N–H and O–H groups in total. The summed E-state index contributed by atoms with van der Waals surface area (Å²) in [6.07, 6.45) is 0.547. The molecule has 1 aliphatic carbocycles. The highest BCUT2D eigenvalue weighted by molar-refractivity contribution is 14.1. The zero-order valence-corrected chi connectivity index (χ0v) is 26.2. The smallest absolute Gasteiger partial charge is 0.247 e. The molecule has 12 heteroatoms. The zero-order valence-electron chi connectivity index (χ0n) is 24.1. The maximum absolute atomic E-state index is 13.9. The number of rotatable bonds is 15. The zero-order chi connectivity index (χ0) is 31.5. The standard InChI is InChI=1S/C31H36FIN2O8/c1-19(38)5-3-8-28(39)35(11-9-20-6-4-7-23(32)13-20)25-16-22(31(41)34-10-12-36)17-26(29(25)40)43-30-24(33)14-21(18-37)15-27(30)42-2/h4,6-7,13-15,17-18,25-26,29,36,40H,3,5,8-12,16H2,1-2H3,(H,34,41). The van der Waals surface area contributed by atoms with Crippen molar-refractivity contribution in [2.24, 2.45) is 0 Å². The molecule has 0 radical (unpaired) electrons. The molecule has 2 amide bonds. The van der Waals surface area contributed by atoms with Gasteiger partial charge in [0.1, 0.15) is 30.1 Å². The van der Waals surface area contributed by atoms with Crippen LogP contribution < -0.4 is 14.8 Å². The van der Waals surface area contributed by atoms with Gasteiger partial charge in [0.2, 0.25) is 11.8 Å². The molecule has 232 valence electrons. The Morgan fingerprint density at radius 2 is 1.98 bits per heavy atom. The van der Waals surface area contributed by atoms with Gasteiger partial charge in [-0.15, -0.1) is 0 Å². The molecule has 0 bridgehead atoms. The predicted molar refractivity (Wildman–Crippen MR) is 164 cm³/mol. The molecule has 2 aromatic rings. The van der Waals surface area contributed by atoms with E-state index < -0.39 is 30.0 Å². The van der Waals surface area contributed by atoms with E-state index in [-0.39, 0.29) is 74.1 Å². The molecule has 0 saturated heterocycles. The molecule has 43 heavy (non-hydrogen) atoms. The number of nitrogens with one attached hydrogen (secondary N) is 1. The number of carbonyl (C=O) groups excluding carboxylic acids is 4. The Morgan fingerprint density at radius 3 is 2.63 bits per heavy atom. The number of carbonyl (C=O) groups is 4. The second kappa shape index (κ2) is 16.5. The molecule has 0 aromatic heterocycles. The number of aldehydes is 1. The molecule has 3 unspecified atom stereocenters. The lowest BCUT2D eigenvalue weighted by molar-refractivity contribution is -0.138. The van der Waals surface area contributed by atoms with E-state index in [0.717, 1.165) is 0 Å². The molecule has 0 spiro atoms. The van der Waals surface area contributed by atoms with Gasteiger partial charge in [-0.25, -0.2) is 4.39 Å². The van der Waals surface area contributed by atoms with Crippen LogP contribution in [-0.4, -0.2) is 84.1 Å². The number of ketones is 1. The highest BCUT2D eigenvalue weighted by Crippen LogP contribution is 2.37. The fraction of sp³-hybridized carbons (Fsp3) is 0.419. The number of aliphatic hydroxyl groups is 2. The lowest BCUT2D eigenvalue weighted by Crippen LogP contribution is -2.55. The normalized spacial score (nSPS) is 17.9. The summed E-state index contributed by atoms with van der Waals surface area (Å²) in [7, 11) is 1.41. The van der Waals surface area contributed by atoms with E-state index in [9.17, 15) is 33.8 Å². The third-order valence-corrected chi connectivity index (χ3v) is 7.83. The van der Waals surface area contributed by atoms with Crippen molar-refractivity contribution < 1.29 is 43.3 Å². The third-order valence-electron chi connectivity index (χ3n) is 7.03. The highest BCUT2D eigenvalue weighted by Gasteiger charge is 2.40. The van der Waals surface area contributed by atoms with Gasteiger partial charge in [0, 0.05) is 43.5 Å². The highest BCUT2D eigenvalue weighted by atomic mass is 127. The van der Waals surface area contributed by atoms with Crippen LogP contribution in [0.3, 0.4) is 0 Å². The fourth-order valence-corrected chi connectivity index (χ4v) is 5.64. The van der Waals surface area contributed by atoms with Crippen molar-refractivity contribution in [1.82, 2.24) is 10.2 Å². The average molecular weight is 711 g/mol. The van der Waals surface area contributed by atoms with Crippen molar-refractivity contribution in [1.29, 1.82) is 0 Å².